The normalized spacial score (nSPS) is 23.4. The van der Waals surface area contributed by atoms with Crippen molar-refractivity contribution in [2.24, 2.45) is 11.8 Å². The number of sulfone groups is 1. The molecule has 0 aliphatic carbocycles. The summed E-state index contributed by atoms with van der Waals surface area (Å²) in [4.78, 5) is 0. The van der Waals surface area contributed by atoms with Crippen molar-refractivity contribution in [2.75, 3.05) is 17.4 Å². The summed E-state index contributed by atoms with van der Waals surface area (Å²) in [6, 6.07) is 3.44. The summed E-state index contributed by atoms with van der Waals surface area (Å²) >= 11 is 5.88. The predicted molar refractivity (Wildman–Crippen MR) is 71.0 cm³/mol. The second kappa shape index (κ2) is 5.75. The van der Waals surface area contributed by atoms with Crippen LogP contribution in [0.15, 0.2) is 18.2 Å². The van der Waals surface area contributed by atoms with E-state index in [2.05, 4.69) is 0 Å². The Hall–Kier alpha value is -0.680. The molecule has 1 aromatic carbocycles. The van der Waals surface area contributed by atoms with Gasteiger partial charge in [-0.2, -0.15) is 0 Å². The van der Waals surface area contributed by atoms with Crippen molar-refractivity contribution in [3.63, 3.8) is 0 Å². The monoisotopic (exact) mass is 308 g/mol. The van der Waals surface area contributed by atoms with Gasteiger partial charge in [0.25, 0.3) is 0 Å². The summed E-state index contributed by atoms with van der Waals surface area (Å²) in [6.45, 7) is 0. The fraction of sp³-hybridized carbons (Fsp3) is 0.538. The summed E-state index contributed by atoms with van der Waals surface area (Å²) < 4.78 is 49.3. The summed E-state index contributed by atoms with van der Waals surface area (Å²) in [5, 5.41) is 0. The van der Waals surface area contributed by atoms with E-state index in [4.69, 9.17) is 11.6 Å². The Morgan fingerprint density at radius 1 is 1.37 bits per heavy atom. The van der Waals surface area contributed by atoms with Gasteiger partial charge in [0.05, 0.1) is 11.5 Å². The van der Waals surface area contributed by atoms with E-state index >= 15 is 0 Å². The molecule has 1 aliphatic rings. The standard InChI is InChI=1S/C13H15ClF2O2S/c14-7-11(10-3-4-19(17,18)8-10)5-9-1-2-12(15)6-13(9)16/h1-2,6,10-11H,3-5,7-8H2. The molecule has 1 fully saturated rings. The Labute approximate surface area is 116 Å². The molecule has 0 radical (unpaired) electrons. The molecule has 6 heteroatoms. The van der Waals surface area contributed by atoms with Crippen molar-refractivity contribution in [2.45, 2.75) is 12.8 Å². The van der Waals surface area contributed by atoms with Crippen LogP contribution in [0.3, 0.4) is 0 Å². The number of alkyl halides is 1. The van der Waals surface area contributed by atoms with Crippen LogP contribution in [0, 0.1) is 23.5 Å². The van der Waals surface area contributed by atoms with Crippen molar-refractivity contribution in [1.82, 2.24) is 0 Å². The molecule has 2 unspecified atom stereocenters. The number of hydrogen-bond acceptors (Lipinski definition) is 2. The third kappa shape index (κ3) is 3.66. The third-order valence-corrected chi connectivity index (χ3v) is 5.82. The molecule has 106 valence electrons. The van der Waals surface area contributed by atoms with Crippen LogP contribution in [0.2, 0.25) is 0 Å². The second-order valence-corrected chi connectivity index (χ2v) is 7.55. The molecule has 0 N–H and O–H groups in total. The van der Waals surface area contributed by atoms with Crippen LogP contribution in [0.4, 0.5) is 8.78 Å². The lowest BCUT2D eigenvalue weighted by molar-refractivity contribution is 0.392. The van der Waals surface area contributed by atoms with Crippen molar-refractivity contribution in [3.05, 3.63) is 35.4 Å². The third-order valence-electron chi connectivity index (χ3n) is 3.63. The maximum atomic E-state index is 13.6. The maximum absolute atomic E-state index is 13.6. The van der Waals surface area contributed by atoms with E-state index in [1.165, 1.54) is 12.1 Å². The average molecular weight is 309 g/mol. The number of hydrogen-bond donors (Lipinski definition) is 0. The first-order valence-electron chi connectivity index (χ1n) is 6.11. The van der Waals surface area contributed by atoms with Crippen molar-refractivity contribution in [1.29, 1.82) is 0 Å². The largest absolute Gasteiger partial charge is 0.229 e. The van der Waals surface area contributed by atoms with Gasteiger partial charge in [-0.25, -0.2) is 17.2 Å². The maximum Gasteiger partial charge on any atom is 0.150 e. The first kappa shape index (κ1) is 14.7. The number of benzene rings is 1. The van der Waals surface area contributed by atoms with E-state index in [9.17, 15) is 17.2 Å². The molecule has 1 aromatic rings. The van der Waals surface area contributed by atoms with Gasteiger partial charge < -0.3 is 0 Å². The summed E-state index contributed by atoms with van der Waals surface area (Å²) in [7, 11) is -2.97. The van der Waals surface area contributed by atoms with Gasteiger partial charge in [0.15, 0.2) is 9.84 Å². The number of halogens is 3. The molecule has 1 saturated heterocycles. The van der Waals surface area contributed by atoms with Crippen LogP contribution in [0.5, 0.6) is 0 Å². The number of rotatable bonds is 4. The second-order valence-electron chi connectivity index (χ2n) is 5.02. The van der Waals surface area contributed by atoms with Crippen LogP contribution in [-0.2, 0) is 16.3 Å². The molecule has 0 spiro atoms. The Bertz CT molecular complexity index is 560. The van der Waals surface area contributed by atoms with E-state index in [0.29, 0.717) is 18.4 Å². The highest BCUT2D eigenvalue weighted by Gasteiger charge is 2.33. The topological polar surface area (TPSA) is 34.1 Å². The lowest BCUT2D eigenvalue weighted by atomic mass is 9.87. The van der Waals surface area contributed by atoms with E-state index in [-0.39, 0.29) is 29.2 Å². The first-order chi connectivity index (χ1) is 8.91. The van der Waals surface area contributed by atoms with Crippen molar-refractivity contribution >= 4 is 21.4 Å². The summed E-state index contributed by atoms with van der Waals surface area (Å²) in [5.74, 6) is -0.782. The minimum atomic E-state index is -2.97. The van der Waals surface area contributed by atoms with E-state index in [1.807, 2.05) is 0 Å². The van der Waals surface area contributed by atoms with Crippen LogP contribution < -0.4 is 0 Å². The van der Waals surface area contributed by atoms with Crippen LogP contribution >= 0.6 is 11.6 Å². The van der Waals surface area contributed by atoms with Gasteiger partial charge in [0.2, 0.25) is 0 Å². The molecular formula is C13H15ClF2O2S. The van der Waals surface area contributed by atoms with Crippen LogP contribution in [0.25, 0.3) is 0 Å². The molecule has 0 amide bonds. The van der Waals surface area contributed by atoms with Crippen LogP contribution in [0.1, 0.15) is 12.0 Å². The SMILES string of the molecule is O=S1(=O)CCC(C(CCl)Cc2ccc(F)cc2F)C1. The minimum absolute atomic E-state index is 0.0352. The Balaban J connectivity index is 2.11. The van der Waals surface area contributed by atoms with Crippen molar-refractivity contribution in [3.8, 4) is 0 Å². The molecule has 1 heterocycles. The first-order valence-corrected chi connectivity index (χ1v) is 8.47. The smallest absolute Gasteiger partial charge is 0.150 e. The molecular weight excluding hydrogens is 294 g/mol. The van der Waals surface area contributed by atoms with Crippen molar-refractivity contribution < 1.29 is 17.2 Å². The zero-order valence-electron chi connectivity index (χ0n) is 10.3. The van der Waals surface area contributed by atoms with Gasteiger partial charge in [0.1, 0.15) is 11.6 Å². The van der Waals surface area contributed by atoms with E-state index in [1.54, 1.807) is 0 Å². The Morgan fingerprint density at radius 3 is 2.63 bits per heavy atom. The summed E-state index contributed by atoms with van der Waals surface area (Å²) in [6.07, 6.45) is 0.915. The molecule has 0 saturated carbocycles. The van der Waals surface area contributed by atoms with Gasteiger partial charge in [-0.15, -0.1) is 11.6 Å². The zero-order valence-corrected chi connectivity index (χ0v) is 11.9. The quantitative estimate of drug-likeness (QED) is 0.802. The molecule has 19 heavy (non-hydrogen) atoms. The lowest BCUT2D eigenvalue weighted by Gasteiger charge is -2.20. The molecule has 2 atom stereocenters. The minimum Gasteiger partial charge on any atom is -0.229 e. The van der Waals surface area contributed by atoms with E-state index < -0.39 is 21.5 Å². The van der Waals surface area contributed by atoms with Gasteiger partial charge in [-0.3, -0.25) is 0 Å². The Kier molecular flexibility index (Phi) is 4.46. The van der Waals surface area contributed by atoms with Gasteiger partial charge in [0, 0.05) is 11.9 Å². The molecule has 2 rings (SSSR count). The molecule has 0 aromatic heterocycles. The lowest BCUT2D eigenvalue weighted by Crippen LogP contribution is -2.20. The fourth-order valence-corrected chi connectivity index (χ4v) is 4.79. The Morgan fingerprint density at radius 2 is 2.11 bits per heavy atom. The summed E-state index contributed by atoms with van der Waals surface area (Å²) in [5.41, 5.74) is 0.386. The van der Waals surface area contributed by atoms with Gasteiger partial charge >= 0.3 is 0 Å². The highest BCUT2D eigenvalue weighted by atomic mass is 35.5. The highest BCUT2D eigenvalue weighted by molar-refractivity contribution is 7.91. The predicted octanol–water partition coefficient (Wildman–Crippen LogP) is 2.80. The van der Waals surface area contributed by atoms with E-state index in [0.717, 1.165) is 6.07 Å². The van der Waals surface area contributed by atoms with Crippen LogP contribution in [-0.4, -0.2) is 25.8 Å². The van der Waals surface area contributed by atoms with Gasteiger partial charge in [-0.05, 0) is 36.3 Å². The molecule has 1 aliphatic heterocycles. The van der Waals surface area contributed by atoms with Gasteiger partial charge in [-0.1, -0.05) is 6.07 Å². The molecule has 0 bridgehead atoms. The fourth-order valence-electron chi connectivity index (χ4n) is 2.51. The zero-order chi connectivity index (χ0) is 14.0. The highest BCUT2D eigenvalue weighted by Crippen LogP contribution is 2.30. The average Bonchev–Trinajstić information content (AvgIpc) is 2.69. The molecule has 2 nitrogen and oxygen atoms in total.